The Labute approximate surface area is 106 Å². The molecule has 1 aromatic carbocycles. The van der Waals surface area contributed by atoms with E-state index >= 15 is 0 Å². The number of rotatable bonds is 6. The van der Waals surface area contributed by atoms with Crippen LogP contribution in [0.25, 0.3) is 0 Å². The van der Waals surface area contributed by atoms with Crippen LogP contribution in [0.2, 0.25) is 0 Å². The fraction of sp³-hybridized carbons (Fsp3) is 0.286. The van der Waals surface area contributed by atoms with Gasteiger partial charge in [0.2, 0.25) is 0 Å². The Bertz CT molecular complexity index is 437. The van der Waals surface area contributed by atoms with E-state index in [0.717, 1.165) is 29.6 Å². The highest BCUT2D eigenvalue weighted by molar-refractivity contribution is 7.98. The molecule has 0 saturated carbocycles. The van der Waals surface area contributed by atoms with Crippen molar-refractivity contribution in [3.05, 3.63) is 54.0 Å². The van der Waals surface area contributed by atoms with Crippen molar-refractivity contribution >= 4 is 11.8 Å². The smallest absolute Gasteiger partial charge is 0.122 e. The molecule has 0 bridgehead atoms. The first-order chi connectivity index (χ1) is 8.36. The number of thioether (sulfide) groups is 1. The maximum atomic E-state index is 5.70. The Morgan fingerprint density at radius 3 is 2.82 bits per heavy atom. The van der Waals surface area contributed by atoms with Gasteiger partial charge in [-0.15, -0.1) is 0 Å². The van der Waals surface area contributed by atoms with Gasteiger partial charge < -0.3 is 9.15 Å². The number of ether oxygens (including phenoxy) is 1. The summed E-state index contributed by atoms with van der Waals surface area (Å²) in [7, 11) is 0. The third kappa shape index (κ3) is 3.86. The maximum absolute atomic E-state index is 5.70. The molecule has 1 aromatic heterocycles. The summed E-state index contributed by atoms with van der Waals surface area (Å²) in [5, 5.41) is 0. The number of aryl methyl sites for hydroxylation is 1. The van der Waals surface area contributed by atoms with Gasteiger partial charge in [-0.25, -0.2) is 0 Å². The monoisotopic (exact) mass is 248 g/mol. The summed E-state index contributed by atoms with van der Waals surface area (Å²) in [4.78, 5) is 0. The van der Waals surface area contributed by atoms with Gasteiger partial charge in [-0.1, -0.05) is 18.2 Å². The predicted octanol–water partition coefficient (Wildman–Crippen LogP) is 3.90. The van der Waals surface area contributed by atoms with Crippen LogP contribution in [-0.2, 0) is 5.75 Å². The van der Waals surface area contributed by atoms with Crippen molar-refractivity contribution in [1.29, 1.82) is 0 Å². The van der Waals surface area contributed by atoms with E-state index in [-0.39, 0.29) is 0 Å². The van der Waals surface area contributed by atoms with E-state index < -0.39 is 0 Å². The maximum Gasteiger partial charge on any atom is 0.122 e. The predicted molar refractivity (Wildman–Crippen MR) is 71.5 cm³/mol. The van der Waals surface area contributed by atoms with Gasteiger partial charge in [0.25, 0.3) is 0 Å². The lowest BCUT2D eigenvalue weighted by molar-refractivity contribution is 0.341. The minimum absolute atomic E-state index is 0.732. The molecule has 0 amide bonds. The first kappa shape index (κ1) is 12.1. The Hall–Kier alpha value is -1.35. The SMILES string of the molecule is Cc1ccccc1OCCSCc1ccco1. The van der Waals surface area contributed by atoms with Crippen LogP contribution in [0, 0.1) is 6.92 Å². The Morgan fingerprint density at radius 2 is 2.06 bits per heavy atom. The highest BCUT2D eigenvalue weighted by Gasteiger charge is 1.98. The molecule has 2 rings (SSSR count). The normalized spacial score (nSPS) is 10.4. The van der Waals surface area contributed by atoms with Gasteiger partial charge in [0.15, 0.2) is 0 Å². The largest absolute Gasteiger partial charge is 0.492 e. The van der Waals surface area contributed by atoms with Gasteiger partial charge in [-0.05, 0) is 30.7 Å². The van der Waals surface area contributed by atoms with Crippen LogP contribution in [0.4, 0.5) is 0 Å². The zero-order valence-electron chi connectivity index (χ0n) is 9.89. The summed E-state index contributed by atoms with van der Waals surface area (Å²) in [6, 6.07) is 12.0. The molecular formula is C14H16O2S. The van der Waals surface area contributed by atoms with E-state index in [1.54, 1.807) is 6.26 Å². The highest BCUT2D eigenvalue weighted by Crippen LogP contribution is 2.17. The second-order valence-electron chi connectivity index (χ2n) is 3.75. The van der Waals surface area contributed by atoms with Crippen molar-refractivity contribution in [2.24, 2.45) is 0 Å². The van der Waals surface area contributed by atoms with Crippen molar-refractivity contribution in [3.8, 4) is 5.75 Å². The Balaban J connectivity index is 1.65. The fourth-order valence-corrected chi connectivity index (χ4v) is 2.21. The topological polar surface area (TPSA) is 22.4 Å². The molecule has 0 saturated heterocycles. The Kier molecular flexibility index (Phi) is 4.56. The van der Waals surface area contributed by atoms with E-state index in [0.29, 0.717) is 0 Å². The van der Waals surface area contributed by atoms with Crippen molar-refractivity contribution in [2.45, 2.75) is 12.7 Å². The van der Waals surface area contributed by atoms with Gasteiger partial charge in [-0.2, -0.15) is 11.8 Å². The van der Waals surface area contributed by atoms with Gasteiger partial charge >= 0.3 is 0 Å². The minimum atomic E-state index is 0.732. The molecule has 0 radical (unpaired) electrons. The number of para-hydroxylation sites is 1. The second-order valence-corrected chi connectivity index (χ2v) is 4.85. The van der Waals surface area contributed by atoms with Crippen molar-refractivity contribution in [3.63, 3.8) is 0 Å². The lowest BCUT2D eigenvalue weighted by atomic mass is 10.2. The number of hydrogen-bond donors (Lipinski definition) is 0. The summed E-state index contributed by atoms with van der Waals surface area (Å²) >= 11 is 1.82. The highest BCUT2D eigenvalue weighted by atomic mass is 32.2. The van der Waals surface area contributed by atoms with Crippen LogP contribution in [0.15, 0.2) is 47.1 Å². The summed E-state index contributed by atoms with van der Waals surface area (Å²) in [5.74, 6) is 3.87. The van der Waals surface area contributed by atoms with Crippen LogP contribution in [0.3, 0.4) is 0 Å². The lowest BCUT2D eigenvalue weighted by Crippen LogP contribution is -2.01. The first-order valence-electron chi connectivity index (χ1n) is 5.65. The third-order valence-electron chi connectivity index (χ3n) is 2.40. The van der Waals surface area contributed by atoms with E-state index in [9.17, 15) is 0 Å². The number of benzene rings is 1. The van der Waals surface area contributed by atoms with Crippen molar-refractivity contribution < 1.29 is 9.15 Å². The first-order valence-corrected chi connectivity index (χ1v) is 6.80. The van der Waals surface area contributed by atoms with Gasteiger partial charge in [-0.3, -0.25) is 0 Å². The summed E-state index contributed by atoms with van der Waals surface area (Å²) < 4.78 is 11.0. The zero-order valence-corrected chi connectivity index (χ0v) is 10.7. The molecule has 0 N–H and O–H groups in total. The quantitative estimate of drug-likeness (QED) is 0.724. The molecular weight excluding hydrogens is 232 g/mol. The molecule has 0 aliphatic carbocycles. The fourth-order valence-electron chi connectivity index (χ4n) is 1.50. The van der Waals surface area contributed by atoms with E-state index in [1.165, 1.54) is 5.56 Å². The molecule has 0 unspecified atom stereocenters. The van der Waals surface area contributed by atoms with E-state index in [2.05, 4.69) is 13.0 Å². The average Bonchev–Trinajstić information content (AvgIpc) is 2.84. The molecule has 0 atom stereocenters. The number of furan rings is 1. The molecule has 0 aliphatic heterocycles. The molecule has 90 valence electrons. The van der Waals surface area contributed by atoms with E-state index in [4.69, 9.17) is 9.15 Å². The molecule has 2 aromatic rings. The summed E-state index contributed by atoms with van der Waals surface area (Å²) in [5.41, 5.74) is 1.18. The van der Waals surface area contributed by atoms with Gasteiger partial charge in [0.05, 0.1) is 18.6 Å². The van der Waals surface area contributed by atoms with Gasteiger partial charge in [0, 0.05) is 5.75 Å². The standard InChI is InChI=1S/C14H16O2S/c1-12-5-2-3-7-14(12)16-9-10-17-11-13-6-4-8-15-13/h2-8H,9-11H2,1H3. The van der Waals surface area contributed by atoms with Crippen molar-refractivity contribution in [1.82, 2.24) is 0 Å². The molecule has 0 aliphatic rings. The van der Waals surface area contributed by atoms with Crippen LogP contribution in [-0.4, -0.2) is 12.4 Å². The summed E-state index contributed by atoms with van der Waals surface area (Å²) in [6.45, 7) is 2.79. The zero-order chi connectivity index (χ0) is 11.9. The second kappa shape index (κ2) is 6.40. The third-order valence-corrected chi connectivity index (χ3v) is 3.35. The van der Waals surface area contributed by atoms with Crippen molar-refractivity contribution in [2.75, 3.05) is 12.4 Å². The minimum Gasteiger partial charge on any atom is -0.492 e. The summed E-state index contributed by atoms with van der Waals surface area (Å²) in [6.07, 6.45) is 1.71. The molecule has 2 nitrogen and oxygen atoms in total. The lowest BCUT2D eigenvalue weighted by Gasteiger charge is -2.07. The molecule has 0 spiro atoms. The average molecular weight is 248 g/mol. The van der Waals surface area contributed by atoms with E-state index in [1.807, 2.05) is 42.1 Å². The Morgan fingerprint density at radius 1 is 1.18 bits per heavy atom. The van der Waals surface area contributed by atoms with Crippen LogP contribution < -0.4 is 4.74 Å². The molecule has 3 heteroatoms. The van der Waals surface area contributed by atoms with Crippen LogP contribution in [0.5, 0.6) is 5.75 Å². The molecule has 0 fully saturated rings. The molecule has 17 heavy (non-hydrogen) atoms. The van der Waals surface area contributed by atoms with Crippen LogP contribution >= 0.6 is 11.8 Å². The van der Waals surface area contributed by atoms with Gasteiger partial charge in [0.1, 0.15) is 11.5 Å². The molecule has 1 heterocycles. The number of hydrogen-bond acceptors (Lipinski definition) is 3. The van der Waals surface area contributed by atoms with Crippen LogP contribution in [0.1, 0.15) is 11.3 Å².